The summed E-state index contributed by atoms with van der Waals surface area (Å²) in [4.78, 5) is 10.7. The molecule has 1 aliphatic carbocycles. The molecule has 0 saturated heterocycles. The number of rotatable bonds is 2. The topological polar surface area (TPSA) is 29.1 Å². The summed E-state index contributed by atoms with van der Waals surface area (Å²) < 4.78 is 1.17. The Balaban J connectivity index is 2.53. The zero-order chi connectivity index (χ0) is 9.84. The fourth-order valence-corrected chi connectivity index (χ4v) is 1.74. The molecule has 13 heavy (non-hydrogen) atoms. The highest BCUT2D eigenvalue weighted by Gasteiger charge is 2.08. The van der Waals surface area contributed by atoms with Crippen molar-refractivity contribution >= 4 is 21.8 Å². The predicted octanol–water partition coefficient (Wildman–Crippen LogP) is 2.51. The molecule has 0 atom stereocenters. The zero-order valence-corrected chi connectivity index (χ0v) is 9.57. The molecule has 0 fully saturated rings. The van der Waals surface area contributed by atoms with Gasteiger partial charge < -0.3 is 5.32 Å². The lowest BCUT2D eigenvalue weighted by Gasteiger charge is -2.14. The summed E-state index contributed by atoms with van der Waals surface area (Å²) in [5, 5.41) is 2.80. The van der Waals surface area contributed by atoms with E-state index in [0.717, 1.165) is 12.8 Å². The first-order valence-corrected chi connectivity index (χ1v) is 5.18. The van der Waals surface area contributed by atoms with Gasteiger partial charge in [0.25, 0.3) is 0 Å². The summed E-state index contributed by atoms with van der Waals surface area (Å²) >= 11 is 3.49. The molecule has 0 aromatic heterocycles. The van der Waals surface area contributed by atoms with Gasteiger partial charge in [0, 0.05) is 18.0 Å². The smallest absolute Gasteiger partial charge is 0.217 e. The summed E-state index contributed by atoms with van der Waals surface area (Å²) in [6.45, 7) is 4.34. The third-order valence-electron chi connectivity index (χ3n) is 2.12. The standard InChI is InChI=1S/C10H14BrNO/c1-7-3-4-9(5-10(7)11)6-12-8(2)13/h5H,3-4,6H2,1-2H3,(H,12,13). The van der Waals surface area contributed by atoms with Gasteiger partial charge in [-0.05, 0) is 31.4 Å². The molecule has 0 aromatic carbocycles. The van der Waals surface area contributed by atoms with Crippen molar-refractivity contribution < 1.29 is 4.79 Å². The van der Waals surface area contributed by atoms with Gasteiger partial charge in [-0.1, -0.05) is 21.5 Å². The van der Waals surface area contributed by atoms with Crippen LogP contribution in [0.1, 0.15) is 26.7 Å². The first kappa shape index (κ1) is 10.5. The van der Waals surface area contributed by atoms with E-state index in [4.69, 9.17) is 0 Å². The average Bonchev–Trinajstić information content (AvgIpc) is 2.07. The van der Waals surface area contributed by atoms with Crippen LogP contribution in [0.15, 0.2) is 21.7 Å². The minimum atomic E-state index is 0.0308. The highest BCUT2D eigenvalue weighted by atomic mass is 79.9. The van der Waals surface area contributed by atoms with E-state index in [1.165, 1.54) is 15.6 Å². The molecule has 2 nitrogen and oxygen atoms in total. The van der Waals surface area contributed by atoms with Crippen LogP contribution in [-0.2, 0) is 4.79 Å². The molecule has 0 heterocycles. The number of nitrogens with one attached hydrogen (secondary N) is 1. The fourth-order valence-electron chi connectivity index (χ4n) is 1.22. The first-order valence-electron chi connectivity index (χ1n) is 4.38. The monoisotopic (exact) mass is 243 g/mol. The fraction of sp³-hybridized carbons (Fsp3) is 0.500. The van der Waals surface area contributed by atoms with Crippen LogP contribution >= 0.6 is 15.9 Å². The lowest BCUT2D eigenvalue weighted by Crippen LogP contribution is -2.22. The van der Waals surface area contributed by atoms with Crippen molar-refractivity contribution in [2.45, 2.75) is 26.7 Å². The van der Waals surface area contributed by atoms with Crippen molar-refractivity contribution in [1.29, 1.82) is 0 Å². The van der Waals surface area contributed by atoms with E-state index in [-0.39, 0.29) is 5.91 Å². The van der Waals surface area contributed by atoms with Crippen LogP contribution in [0.4, 0.5) is 0 Å². The van der Waals surface area contributed by atoms with Gasteiger partial charge in [0.05, 0.1) is 0 Å². The average molecular weight is 244 g/mol. The molecule has 1 aliphatic rings. The SMILES string of the molecule is CC(=O)NCC1=CC(Br)=C(C)CC1. The first-order chi connectivity index (χ1) is 6.09. The maximum Gasteiger partial charge on any atom is 0.217 e. The van der Waals surface area contributed by atoms with Crippen LogP contribution in [0.2, 0.25) is 0 Å². The summed E-state index contributed by atoms with van der Waals surface area (Å²) in [7, 11) is 0. The Morgan fingerprint density at radius 3 is 2.85 bits per heavy atom. The van der Waals surface area contributed by atoms with E-state index in [1.807, 2.05) is 0 Å². The van der Waals surface area contributed by atoms with Gasteiger partial charge in [-0.15, -0.1) is 0 Å². The Hall–Kier alpha value is -0.570. The minimum absolute atomic E-state index is 0.0308. The van der Waals surface area contributed by atoms with Gasteiger partial charge in [-0.3, -0.25) is 4.79 Å². The quantitative estimate of drug-likeness (QED) is 0.794. The second-order valence-electron chi connectivity index (χ2n) is 3.34. The molecule has 3 heteroatoms. The largest absolute Gasteiger partial charge is 0.353 e. The third-order valence-corrected chi connectivity index (χ3v) is 3.03. The highest BCUT2D eigenvalue weighted by Crippen LogP contribution is 2.26. The number of hydrogen-bond donors (Lipinski definition) is 1. The van der Waals surface area contributed by atoms with E-state index in [1.54, 1.807) is 6.92 Å². The number of carbonyl (C=O) groups excluding carboxylic acids is 1. The van der Waals surface area contributed by atoms with Crippen molar-refractivity contribution in [2.75, 3.05) is 6.54 Å². The van der Waals surface area contributed by atoms with E-state index in [2.05, 4.69) is 34.2 Å². The number of halogens is 1. The molecule has 0 unspecified atom stereocenters. The number of allylic oxidation sites excluding steroid dienone is 3. The Bertz CT molecular complexity index is 279. The second-order valence-corrected chi connectivity index (χ2v) is 4.19. The molecule has 0 aliphatic heterocycles. The molecular formula is C10H14BrNO. The lowest BCUT2D eigenvalue weighted by atomic mass is 9.99. The van der Waals surface area contributed by atoms with Gasteiger partial charge in [-0.2, -0.15) is 0 Å². The zero-order valence-electron chi connectivity index (χ0n) is 7.98. The molecule has 0 aromatic rings. The Labute approximate surface area is 87.2 Å². The van der Waals surface area contributed by atoms with Crippen LogP contribution in [-0.4, -0.2) is 12.5 Å². The van der Waals surface area contributed by atoms with Crippen molar-refractivity contribution in [1.82, 2.24) is 5.32 Å². The third kappa shape index (κ3) is 3.35. The predicted molar refractivity (Wildman–Crippen MR) is 57.6 cm³/mol. The Morgan fingerprint density at radius 1 is 1.62 bits per heavy atom. The van der Waals surface area contributed by atoms with Gasteiger partial charge in [0.1, 0.15) is 0 Å². The normalized spacial score (nSPS) is 17.0. The summed E-state index contributed by atoms with van der Waals surface area (Å²) in [6, 6.07) is 0. The lowest BCUT2D eigenvalue weighted by molar-refractivity contribution is -0.118. The Kier molecular flexibility index (Phi) is 3.72. The van der Waals surface area contributed by atoms with E-state index in [0.29, 0.717) is 6.54 Å². The molecule has 72 valence electrons. The van der Waals surface area contributed by atoms with Crippen LogP contribution in [0.5, 0.6) is 0 Å². The number of amides is 1. The molecule has 0 bridgehead atoms. The van der Waals surface area contributed by atoms with Crippen molar-refractivity contribution in [3.8, 4) is 0 Å². The molecular weight excluding hydrogens is 230 g/mol. The van der Waals surface area contributed by atoms with E-state index >= 15 is 0 Å². The summed E-state index contributed by atoms with van der Waals surface area (Å²) in [5.74, 6) is 0.0308. The van der Waals surface area contributed by atoms with Crippen LogP contribution in [0.3, 0.4) is 0 Å². The van der Waals surface area contributed by atoms with Crippen molar-refractivity contribution in [3.05, 3.63) is 21.7 Å². The van der Waals surface area contributed by atoms with Crippen molar-refractivity contribution in [3.63, 3.8) is 0 Å². The molecule has 0 saturated carbocycles. The maximum absolute atomic E-state index is 10.7. The number of hydrogen-bond acceptors (Lipinski definition) is 1. The molecule has 1 amide bonds. The van der Waals surface area contributed by atoms with E-state index < -0.39 is 0 Å². The van der Waals surface area contributed by atoms with Crippen LogP contribution in [0.25, 0.3) is 0 Å². The Morgan fingerprint density at radius 2 is 2.31 bits per heavy atom. The summed E-state index contributed by atoms with van der Waals surface area (Å²) in [5.41, 5.74) is 2.67. The van der Waals surface area contributed by atoms with Crippen LogP contribution < -0.4 is 5.32 Å². The van der Waals surface area contributed by atoms with Crippen LogP contribution in [0, 0.1) is 0 Å². The summed E-state index contributed by atoms with van der Waals surface area (Å²) in [6.07, 6.45) is 4.25. The van der Waals surface area contributed by atoms with Gasteiger partial charge in [0.2, 0.25) is 5.91 Å². The van der Waals surface area contributed by atoms with Gasteiger partial charge >= 0.3 is 0 Å². The van der Waals surface area contributed by atoms with Gasteiger partial charge in [0.15, 0.2) is 0 Å². The van der Waals surface area contributed by atoms with Crippen molar-refractivity contribution in [2.24, 2.45) is 0 Å². The van der Waals surface area contributed by atoms with Gasteiger partial charge in [-0.25, -0.2) is 0 Å². The number of carbonyl (C=O) groups is 1. The molecule has 1 N–H and O–H groups in total. The van der Waals surface area contributed by atoms with E-state index in [9.17, 15) is 4.79 Å². The molecule has 0 spiro atoms. The highest BCUT2D eigenvalue weighted by molar-refractivity contribution is 9.11. The minimum Gasteiger partial charge on any atom is -0.353 e. The second kappa shape index (κ2) is 4.61. The molecule has 1 rings (SSSR count). The maximum atomic E-state index is 10.7. The molecule has 0 radical (unpaired) electrons.